The van der Waals surface area contributed by atoms with Crippen LogP contribution in [0, 0.1) is 5.82 Å². The van der Waals surface area contributed by atoms with Gasteiger partial charge >= 0.3 is 12.0 Å². The number of carbonyl (C=O) groups excluding carboxylic acids is 1. The first-order chi connectivity index (χ1) is 12.5. The van der Waals surface area contributed by atoms with Crippen LogP contribution in [0.4, 0.5) is 14.9 Å². The van der Waals surface area contributed by atoms with Crippen LogP contribution in [0.2, 0.25) is 0 Å². The van der Waals surface area contributed by atoms with E-state index in [2.05, 4.69) is 5.32 Å². The van der Waals surface area contributed by atoms with Crippen LogP contribution in [0.15, 0.2) is 48.5 Å². The normalized spacial score (nSPS) is 14.1. The molecule has 1 fully saturated rings. The van der Waals surface area contributed by atoms with Crippen molar-refractivity contribution in [3.8, 4) is 0 Å². The lowest BCUT2D eigenvalue weighted by molar-refractivity contribution is 0.0697. The van der Waals surface area contributed by atoms with Crippen molar-refractivity contribution in [2.45, 2.75) is 6.54 Å². The third-order valence-corrected chi connectivity index (χ3v) is 4.30. The Labute approximate surface area is 150 Å². The average molecular weight is 357 g/mol. The van der Waals surface area contributed by atoms with Gasteiger partial charge in [-0.1, -0.05) is 12.1 Å². The molecule has 6 nitrogen and oxygen atoms in total. The number of anilines is 1. The summed E-state index contributed by atoms with van der Waals surface area (Å²) in [5.74, 6) is -1.36. The van der Waals surface area contributed by atoms with E-state index in [1.165, 1.54) is 24.3 Å². The van der Waals surface area contributed by atoms with Crippen LogP contribution in [-0.4, -0.2) is 48.2 Å². The number of urea groups is 1. The number of rotatable bonds is 4. The molecule has 2 aromatic rings. The predicted octanol–water partition coefficient (Wildman–Crippen LogP) is 2.56. The lowest BCUT2D eigenvalue weighted by atomic mass is 10.1. The van der Waals surface area contributed by atoms with Gasteiger partial charge in [-0.3, -0.25) is 4.90 Å². The van der Waals surface area contributed by atoms with Gasteiger partial charge < -0.3 is 15.3 Å². The summed E-state index contributed by atoms with van der Waals surface area (Å²) in [6.45, 7) is 2.95. The van der Waals surface area contributed by atoms with Crippen molar-refractivity contribution in [3.05, 3.63) is 65.5 Å². The zero-order valence-corrected chi connectivity index (χ0v) is 14.2. The summed E-state index contributed by atoms with van der Waals surface area (Å²) >= 11 is 0. The van der Waals surface area contributed by atoms with E-state index in [0.29, 0.717) is 18.8 Å². The van der Waals surface area contributed by atoms with Crippen LogP contribution in [-0.2, 0) is 6.54 Å². The standard InChI is InChI=1S/C19H20FN3O3/c20-16-5-7-17(8-6-16)23(19(26)22-11-9-21-10-12-22)13-14-1-3-15(4-2-14)18(24)25/h1-8,21H,9-13H2,(H,24,25). The lowest BCUT2D eigenvalue weighted by Crippen LogP contribution is -2.51. The molecule has 3 rings (SSSR count). The van der Waals surface area contributed by atoms with Gasteiger partial charge in [0, 0.05) is 31.9 Å². The molecule has 0 radical (unpaired) electrons. The van der Waals surface area contributed by atoms with Crippen LogP contribution in [0.25, 0.3) is 0 Å². The number of carboxylic acids is 1. The molecule has 0 aliphatic carbocycles. The van der Waals surface area contributed by atoms with E-state index in [-0.39, 0.29) is 24.0 Å². The zero-order chi connectivity index (χ0) is 18.5. The summed E-state index contributed by atoms with van der Waals surface area (Å²) in [7, 11) is 0. The number of hydrogen-bond acceptors (Lipinski definition) is 3. The van der Waals surface area contributed by atoms with Crippen molar-refractivity contribution in [1.82, 2.24) is 10.2 Å². The molecule has 1 aliphatic heterocycles. The molecule has 1 heterocycles. The highest BCUT2D eigenvalue weighted by molar-refractivity contribution is 5.92. The third-order valence-electron chi connectivity index (χ3n) is 4.30. The Morgan fingerprint density at radius 1 is 1.04 bits per heavy atom. The maximum Gasteiger partial charge on any atom is 0.335 e. The number of halogens is 1. The second-order valence-corrected chi connectivity index (χ2v) is 6.08. The van der Waals surface area contributed by atoms with E-state index in [4.69, 9.17) is 5.11 Å². The van der Waals surface area contributed by atoms with Crippen LogP contribution in [0.5, 0.6) is 0 Å². The molecule has 2 N–H and O–H groups in total. The summed E-state index contributed by atoms with van der Waals surface area (Å²) in [6, 6.07) is 12.0. The number of carbonyl (C=O) groups is 2. The van der Waals surface area contributed by atoms with Gasteiger partial charge in [0.15, 0.2) is 0 Å². The largest absolute Gasteiger partial charge is 0.478 e. The molecular weight excluding hydrogens is 337 g/mol. The molecule has 0 bridgehead atoms. The highest BCUT2D eigenvalue weighted by Crippen LogP contribution is 2.20. The summed E-state index contributed by atoms with van der Waals surface area (Å²) < 4.78 is 13.3. The second-order valence-electron chi connectivity index (χ2n) is 6.08. The fourth-order valence-electron chi connectivity index (χ4n) is 2.85. The minimum atomic E-state index is -0.996. The molecule has 0 aromatic heterocycles. The second kappa shape index (κ2) is 7.97. The number of amides is 2. The molecule has 0 atom stereocenters. The number of hydrogen-bond donors (Lipinski definition) is 2. The average Bonchev–Trinajstić information content (AvgIpc) is 2.67. The molecule has 7 heteroatoms. The fourth-order valence-corrected chi connectivity index (χ4v) is 2.85. The summed E-state index contributed by atoms with van der Waals surface area (Å²) in [5.41, 5.74) is 1.58. The van der Waals surface area contributed by atoms with Crippen molar-refractivity contribution < 1.29 is 19.1 Å². The van der Waals surface area contributed by atoms with Crippen LogP contribution in [0.1, 0.15) is 15.9 Å². The Kier molecular flexibility index (Phi) is 5.48. The van der Waals surface area contributed by atoms with Crippen LogP contribution < -0.4 is 10.2 Å². The highest BCUT2D eigenvalue weighted by atomic mass is 19.1. The van der Waals surface area contributed by atoms with E-state index in [1.54, 1.807) is 34.1 Å². The molecule has 0 unspecified atom stereocenters. The number of aromatic carboxylic acids is 1. The first kappa shape index (κ1) is 17.9. The molecule has 26 heavy (non-hydrogen) atoms. The molecule has 2 amide bonds. The highest BCUT2D eigenvalue weighted by Gasteiger charge is 2.24. The van der Waals surface area contributed by atoms with Crippen LogP contribution in [0.3, 0.4) is 0 Å². The molecule has 2 aromatic carbocycles. The van der Waals surface area contributed by atoms with Gasteiger partial charge in [-0.2, -0.15) is 0 Å². The molecule has 0 spiro atoms. The number of benzene rings is 2. The minimum Gasteiger partial charge on any atom is -0.478 e. The number of nitrogens with one attached hydrogen (secondary N) is 1. The molecular formula is C19H20FN3O3. The van der Waals surface area contributed by atoms with Crippen molar-refractivity contribution in [2.24, 2.45) is 0 Å². The van der Waals surface area contributed by atoms with Gasteiger partial charge in [-0.15, -0.1) is 0 Å². The number of piperazine rings is 1. The van der Waals surface area contributed by atoms with Gasteiger partial charge in [0.2, 0.25) is 0 Å². The monoisotopic (exact) mass is 357 g/mol. The summed E-state index contributed by atoms with van der Waals surface area (Å²) in [5, 5.41) is 12.2. The van der Waals surface area contributed by atoms with Gasteiger partial charge in [0.25, 0.3) is 0 Å². The van der Waals surface area contributed by atoms with E-state index < -0.39 is 5.97 Å². The zero-order valence-electron chi connectivity index (χ0n) is 14.2. The number of nitrogens with zero attached hydrogens (tertiary/aromatic N) is 2. The quantitative estimate of drug-likeness (QED) is 0.882. The van der Waals surface area contributed by atoms with E-state index in [0.717, 1.165) is 18.7 Å². The summed E-state index contributed by atoms with van der Waals surface area (Å²) in [6.07, 6.45) is 0. The van der Waals surface area contributed by atoms with E-state index in [1.807, 2.05) is 0 Å². The molecule has 1 aliphatic rings. The lowest BCUT2D eigenvalue weighted by Gasteiger charge is -2.33. The Hall–Kier alpha value is -2.93. The van der Waals surface area contributed by atoms with Crippen molar-refractivity contribution in [1.29, 1.82) is 0 Å². The predicted molar refractivity (Wildman–Crippen MR) is 95.8 cm³/mol. The van der Waals surface area contributed by atoms with Crippen molar-refractivity contribution >= 4 is 17.7 Å². The smallest absolute Gasteiger partial charge is 0.335 e. The maximum atomic E-state index is 13.3. The van der Waals surface area contributed by atoms with Gasteiger partial charge in [-0.05, 0) is 42.0 Å². The number of carboxylic acid groups (broad SMARTS) is 1. The van der Waals surface area contributed by atoms with Crippen LogP contribution >= 0.6 is 0 Å². The van der Waals surface area contributed by atoms with E-state index >= 15 is 0 Å². The van der Waals surface area contributed by atoms with Crippen molar-refractivity contribution in [3.63, 3.8) is 0 Å². The first-order valence-electron chi connectivity index (χ1n) is 8.39. The molecule has 136 valence electrons. The van der Waals surface area contributed by atoms with Crippen molar-refractivity contribution in [2.75, 3.05) is 31.1 Å². The fraction of sp³-hybridized carbons (Fsp3) is 0.263. The molecule has 1 saturated heterocycles. The summed E-state index contributed by atoms with van der Waals surface area (Å²) in [4.78, 5) is 27.3. The Morgan fingerprint density at radius 2 is 1.65 bits per heavy atom. The Bertz CT molecular complexity index is 772. The van der Waals surface area contributed by atoms with Gasteiger partial charge in [0.1, 0.15) is 5.82 Å². The topological polar surface area (TPSA) is 72.9 Å². The first-order valence-corrected chi connectivity index (χ1v) is 8.39. The van der Waals surface area contributed by atoms with Gasteiger partial charge in [-0.25, -0.2) is 14.0 Å². The Morgan fingerprint density at radius 3 is 2.23 bits per heavy atom. The SMILES string of the molecule is O=C(O)c1ccc(CN(C(=O)N2CCNCC2)c2ccc(F)cc2)cc1. The minimum absolute atomic E-state index is 0.152. The molecule has 0 saturated carbocycles. The third kappa shape index (κ3) is 4.18. The van der Waals surface area contributed by atoms with E-state index in [9.17, 15) is 14.0 Å². The maximum absolute atomic E-state index is 13.3. The van der Waals surface area contributed by atoms with Gasteiger partial charge in [0.05, 0.1) is 12.1 Å². The Balaban J connectivity index is 1.85.